The molecule has 0 aliphatic rings. The summed E-state index contributed by atoms with van der Waals surface area (Å²) in [6.07, 6.45) is 0. The molecule has 0 radical (unpaired) electrons. The minimum absolute atomic E-state index is 0.134. The van der Waals surface area contributed by atoms with Crippen LogP contribution in [-0.2, 0) is 4.79 Å². The molecule has 0 spiro atoms. The second kappa shape index (κ2) is 8.91. The Morgan fingerprint density at radius 1 is 1.11 bits per heavy atom. The summed E-state index contributed by atoms with van der Waals surface area (Å²) in [5, 5.41) is 6.05. The van der Waals surface area contributed by atoms with Crippen molar-refractivity contribution in [2.24, 2.45) is 0 Å². The summed E-state index contributed by atoms with van der Waals surface area (Å²) in [4.78, 5) is 24.1. The molecule has 2 aromatic rings. The topological polar surface area (TPSA) is 67.4 Å². The van der Waals surface area contributed by atoms with Crippen LogP contribution in [0.25, 0.3) is 0 Å². The Bertz CT molecular complexity index is 863. The van der Waals surface area contributed by atoms with E-state index in [1.54, 1.807) is 25.2 Å². The number of hydrogen-bond acceptors (Lipinski definition) is 3. The van der Waals surface area contributed by atoms with Crippen LogP contribution in [0.3, 0.4) is 0 Å². The van der Waals surface area contributed by atoms with Crippen LogP contribution in [0.1, 0.15) is 46.8 Å². The Kier molecular flexibility index (Phi) is 6.86. The number of halogens is 1. The van der Waals surface area contributed by atoms with Crippen molar-refractivity contribution in [1.29, 1.82) is 0 Å². The van der Waals surface area contributed by atoms with Gasteiger partial charge in [0.05, 0.1) is 0 Å². The third kappa shape index (κ3) is 5.23. The maximum Gasteiger partial charge on any atom is 0.262 e. The molecule has 2 rings (SSSR count). The second-order valence-corrected chi connectivity index (χ2v) is 7.15. The molecule has 0 aliphatic heterocycles. The maximum atomic E-state index is 12.4. The number of aryl methyl sites for hydroxylation is 2. The summed E-state index contributed by atoms with van der Waals surface area (Å²) in [5.74, 6) is 0.361. The fourth-order valence-corrected chi connectivity index (χ4v) is 2.79. The number of carbonyl (C=O) groups is 2. The summed E-state index contributed by atoms with van der Waals surface area (Å²) in [6, 6.07) is 8.89. The van der Waals surface area contributed by atoms with Crippen LogP contribution >= 0.6 is 11.6 Å². The average Bonchev–Trinajstić information content (AvgIpc) is 2.63. The van der Waals surface area contributed by atoms with E-state index in [1.807, 2.05) is 39.8 Å². The summed E-state index contributed by atoms with van der Waals surface area (Å²) >= 11 is 6.20. The Balaban J connectivity index is 2.12. The summed E-state index contributed by atoms with van der Waals surface area (Å²) in [7, 11) is 1.56. The SMILES string of the molecule is CNC(=O)c1ccc(C)c(NC(=O)COc2cc(C)c(Cl)cc2C(C)C)c1. The molecule has 0 bridgehead atoms. The highest BCUT2D eigenvalue weighted by molar-refractivity contribution is 6.31. The maximum absolute atomic E-state index is 12.4. The fraction of sp³-hybridized carbons (Fsp3) is 0.333. The number of amides is 2. The second-order valence-electron chi connectivity index (χ2n) is 6.74. The van der Waals surface area contributed by atoms with Crippen LogP contribution in [0.4, 0.5) is 5.69 Å². The van der Waals surface area contributed by atoms with Crippen molar-refractivity contribution in [1.82, 2.24) is 5.32 Å². The van der Waals surface area contributed by atoms with Gasteiger partial charge in [-0.2, -0.15) is 0 Å². The molecule has 0 aromatic heterocycles. The van der Waals surface area contributed by atoms with E-state index in [0.717, 1.165) is 16.7 Å². The molecule has 0 heterocycles. The summed E-state index contributed by atoms with van der Waals surface area (Å²) in [6.45, 7) is 7.71. The van der Waals surface area contributed by atoms with Gasteiger partial charge >= 0.3 is 0 Å². The Morgan fingerprint density at radius 3 is 2.44 bits per heavy atom. The van der Waals surface area contributed by atoms with Crippen LogP contribution in [0.2, 0.25) is 5.02 Å². The molecule has 0 atom stereocenters. The molecule has 6 heteroatoms. The summed E-state index contributed by atoms with van der Waals surface area (Å²) < 4.78 is 5.76. The molecule has 2 N–H and O–H groups in total. The largest absolute Gasteiger partial charge is 0.483 e. The van der Waals surface area contributed by atoms with Crippen molar-refractivity contribution < 1.29 is 14.3 Å². The highest BCUT2D eigenvalue weighted by atomic mass is 35.5. The van der Waals surface area contributed by atoms with Crippen LogP contribution in [0.5, 0.6) is 5.75 Å². The lowest BCUT2D eigenvalue weighted by atomic mass is 10.0. The van der Waals surface area contributed by atoms with Gasteiger partial charge in [-0.15, -0.1) is 0 Å². The number of carbonyl (C=O) groups excluding carboxylic acids is 2. The van der Waals surface area contributed by atoms with Gasteiger partial charge in [0, 0.05) is 23.3 Å². The third-order valence-corrected chi connectivity index (χ3v) is 4.68. The molecule has 0 aliphatic carbocycles. The Morgan fingerprint density at radius 2 is 1.81 bits per heavy atom. The van der Waals surface area contributed by atoms with Crippen molar-refractivity contribution in [2.45, 2.75) is 33.6 Å². The van der Waals surface area contributed by atoms with Crippen molar-refractivity contribution in [3.63, 3.8) is 0 Å². The zero-order valence-corrected chi connectivity index (χ0v) is 17.0. The van der Waals surface area contributed by atoms with Gasteiger partial charge in [0.1, 0.15) is 5.75 Å². The van der Waals surface area contributed by atoms with Gasteiger partial charge in [-0.05, 0) is 60.7 Å². The molecule has 0 fully saturated rings. The van der Waals surface area contributed by atoms with Crippen molar-refractivity contribution in [3.05, 3.63) is 57.6 Å². The van der Waals surface area contributed by atoms with Gasteiger partial charge in [-0.1, -0.05) is 31.5 Å². The van der Waals surface area contributed by atoms with Crippen LogP contribution in [0, 0.1) is 13.8 Å². The van der Waals surface area contributed by atoms with Gasteiger partial charge in [0.2, 0.25) is 0 Å². The van der Waals surface area contributed by atoms with E-state index in [9.17, 15) is 9.59 Å². The number of benzene rings is 2. The number of ether oxygens (including phenoxy) is 1. The van der Waals surface area contributed by atoms with Crippen molar-refractivity contribution in [3.8, 4) is 5.75 Å². The molecular formula is C21H25ClN2O3. The highest BCUT2D eigenvalue weighted by Gasteiger charge is 2.14. The lowest BCUT2D eigenvalue weighted by Gasteiger charge is -2.16. The molecule has 2 amide bonds. The quantitative estimate of drug-likeness (QED) is 0.767. The van der Waals surface area contributed by atoms with Gasteiger partial charge in [0.15, 0.2) is 6.61 Å². The molecular weight excluding hydrogens is 364 g/mol. The number of rotatable bonds is 6. The zero-order chi connectivity index (χ0) is 20.1. The first kappa shape index (κ1) is 20.8. The van der Waals surface area contributed by atoms with E-state index in [2.05, 4.69) is 10.6 Å². The third-order valence-electron chi connectivity index (χ3n) is 4.27. The van der Waals surface area contributed by atoms with Crippen LogP contribution in [-0.4, -0.2) is 25.5 Å². The van der Waals surface area contributed by atoms with Crippen molar-refractivity contribution in [2.75, 3.05) is 19.0 Å². The first-order valence-corrected chi connectivity index (χ1v) is 9.16. The first-order chi connectivity index (χ1) is 12.7. The number of nitrogens with one attached hydrogen (secondary N) is 2. The zero-order valence-electron chi connectivity index (χ0n) is 16.3. The van der Waals surface area contributed by atoms with E-state index in [-0.39, 0.29) is 24.3 Å². The van der Waals surface area contributed by atoms with Crippen molar-refractivity contribution >= 4 is 29.1 Å². The van der Waals surface area contributed by atoms with Crippen LogP contribution in [0.15, 0.2) is 30.3 Å². The van der Waals surface area contributed by atoms with E-state index in [4.69, 9.17) is 16.3 Å². The molecule has 5 nitrogen and oxygen atoms in total. The van der Waals surface area contributed by atoms with Gasteiger partial charge in [-0.3, -0.25) is 9.59 Å². The molecule has 0 unspecified atom stereocenters. The minimum Gasteiger partial charge on any atom is -0.483 e. The normalized spacial score (nSPS) is 10.6. The molecule has 0 saturated heterocycles. The predicted octanol–water partition coefficient (Wildman–Crippen LogP) is 4.46. The molecule has 0 saturated carbocycles. The number of hydrogen-bond donors (Lipinski definition) is 2. The number of anilines is 1. The molecule has 144 valence electrons. The van der Waals surface area contributed by atoms with Gasteiger partial charge in [-0.25, -0.2) is 0 Å². The average molecular weight is 389 g/mol. The summed E-state index contributed by atoms with van der Waals surface area (Å²) in [5.41, 5.74) is 3.78. The molecule has 27 heavy (non-hydrogen) atoms. The van der Waals surface area contributed by atoms with Gasteiger partial charge < -0.3 is 15.4 Å². The minimum atomic E-state index is -0.297. The highest BCUT2D eigenvalue weighted by Crippen LogP contribution is 2.32. The van der Waals surface area contributed by atoms with Gasteiger partial charge in [0.25, 0.3) is 11.8 Å². The Labute approximate surface area is 165 Å². The van der Waals surface area contributed by atoms with E-state index in [1.165, 1.54) is 0 Å². The lowest BCUT2D eigenvalue weighted by molar-refractivity contribution is -0.118. The first-order valence-electron chi connectivity index (χ1n) is 8.78. The lowest BCUT2D eigenvalue weighted by Crippen LogP contribution is -2.22. The smallest absolute Gasteiger partial charge is 0.262 e. The standard InChI is InChI=1S/C21H25ClN2O3/c1-12(2)16-10-17(22)14(4)8-19(16)27-11-20(25)24-18-9-15(21(26)23-5)7-6-13(18)3/h6-10,12H,11H2,1-5H3,(H,23,26)(H,24,25). The molecule has 2 aromatic carbocycles. The van der Waals surface area contributed by atoms with E-state index in [0.29, 0.717) is 22.0 Å². The predicted molar refractivity (Wildman–Crippen MR) is 109 cm³/mol. The van der Waals surface area contributed by atoms with E-state index < -0.39 is 0 Å². The fourth-order valence-electron chi connectivity index (χ4n) is 2.62. The Hall–Kier alpha value is -2.53. The monoisotopic (exact) mass is 388 g/mol. The van der Waals surface area contributed by atoms with E-state index >= 15 is 0 Å². The van der Waals surface area contributed by atoms with Crippen LogP contribution < -0.4 is 15.4 Å².